The highest BCUT2D eigenvalue weighted by Crippen LogP contribution is 2.42. The van der Waals surface area contributed by atoms with Gasteiger partial charge >= 0.3 is 6.09 Å². The van der Waals surface area contributed by atoms with Crippen LogP contribution in [0.25, 0.3) is 22.2 Å². The molecule has 1 saturated heterocycles. The monoisotopic (exact) mass is 483 g/mol. The van der Waals surface area contributed by atoms with Crippen LogP contribution in [0.2, 0.25) is 0 Å². The molecule has 1 N–H and O–H groups in total. The molecule has 2 unspecified atom stereocenters. The number of benzene rings is 3. The molecule has 4 aromatic rings. The molecule has 2 atom stereocenters. The SMILES string of the molecule is CC(c1ccc(-c2ccc3ncn(C)c3c2)cc1)N1CCC(CC(C)(C)O)(c2ccccc2)OC1=O. The minimum absolute atomic E-state index is 0.137. The number of carbonyl (C=O) groups is 1. The van der Waals surface area contributed by atoms with Gasteiger partial charge in [0.25, 0.3) is 0 Å². The summed E-state index contributed by atoms with van der Waals surface area (Å²) in [4.78, 5) is 19.5. The number of ether oxygens (including phenoxy) is 1. The Hall–Kier alpha value is -3.64. The molecular formula is C30H33N3O3. The minimum Gasteiger partial charge on any atom is -0.438 e. The van der Waals surface area contributed by atoms with Crippen molar-refractivity contribution >= 4 is 17.1 Å². The van der Waals surface area contributed by atoms with Gasteiger partial charge in [-0.15, -0.1) is 0 Å². The molecule has 1 fully saturated rings. The molecule has 0 saturated carbocycles. The Labute approximate surface area is 212 Å². The number of aromatic nitrogens is 2. The molecule has 3 aromatic carbocycles. The molecule has 1 aliphatic rings. The molecule has 5 rings (SSSR count). The first-order valence-electron chi connectivity index (χ1n) is 12.4. The smallest absolute Gasteiger partial charge is 0.411 e. The van der Waals surface area contributed by atoms with Crippen LogP contribution in [0.15, 0.2) is 79.1 Å². The van der Waals surface area contributed by atoms with Crippen molar-refractivity contribution in [3.8, 4) is 11.1 Å². The van der Waals surface area contributed by atoms with Crippen molar-refractivity contribution < 1.29 is 14.6 Å². The van der Waals surface area contributed by atoms with Gasteiger partial charge in [-0.2, -0.15) is 0 Å². The first-order valence-corrected chi connectivity index (χ1v) is 12.4. The van der Waals surface area contributed by atoms with Crippen LogP contribution in [-0.2, 0) is 17.4 Å². The molecule has 1 aromatic heterocycles. The van der Waals surface area contributed by atoms with Gasteiger partial charge in [0.05, 0.1) is 29.0 Å². The Kier molecular flexibility index (Phi) is 6.08. The molecule has 2 heterocycles. The van der Waals surface area contributed by atoms with E-state index in [0.29, 0.717) is 19.4 Å². The largest absolute Gasteiger partial charge is 0.438 e. The van der Waals surface area contributed by atoms with Crippen molar-refractivity contribution in [2.75, 3.05) is 6.54 Å². The summed E-state index contributed by atoms with van der Waals surface area (Å²) in [5.41, 5.74) is 4.46. The maximum absolute atomic E-state index is 13.3. The number of hydrogen-bond donors (Lipinski definition) is 1. The van der Waals surface area contributed by atoms with E-state index in [4.69, 9.17) is 4.74 Å². The topological polar surface area (TPSA) is 67.6 Å². The maximum Gasteiger partial charge on any atom is 0.411 e. The first-order chi connectivity index (χ1) is 17.2. The van der Waals surface area contributed by atoms with Crippen molar-refractivity contribution in [1.29, 1.82) is 0 Å². The van der Waals surface area contributed by atoms with E-state index in [0.717, 1.165) is 33.3 Å². The van der Waals surface area contributed by atoms with E-state index in [-0.39, 0.29) is 12.1 Å². The normalized spacial score (nSPS) is 19.4. The van der Waals surface area contributed by atoms with Gasteiger partial charge in [0, 0.05) is 26.4 Å². The Morgan fingerprint density at radius 1 is 1.06 bits per heavy atom. The Balaban J connectivity index is 1.35. The third-order valence-corrected chi connectivity index (χ3v) is 7.21. The van der Waals surface area contributed by atoms with Crippen LogP contribution in [-0.4, -0.2) is 37.8 Å². The van der Waals surface area contributed by atoms with Crippen molar-refractivity contribution in [2.45, 2.75) is 50.9 Å². The van der Waals surface area contributed by atoms with Crippen LogP contribution >= 0.6 is 0 Å². The highest BCUT2D eigenvalue weighted by Gasteiger charge is 2.46. The average molecular weight is 484 g/mol. The quantitative estimate of drug-likeness (QED) is 0.355. The molecule has 6 nitrogen and oxygen atoms in total. The third kappa shape index (κ3) is 4.61. The van der Waals surface area contributed by atoms with E-state index >= 15 is 0 Å². The molecule has 0 bridgehead atoms. The minimum atomic E-state index is -0.974. The summed E-state index contributed by atoms with van der Waals surface area (Å²) in [6, 6.07) is 24.3. The summed E-state index contributed by atoms with van der Waals surface area (Å²) in [5, 5.41) is 10.6. The molecular weight excluding hydrogens is 450 g/mol. The van der Waals surface area contributed by atoms with Crippen molar-refractivity contribution in [3.63, 3.8) is 0 Å². The Morgan fingerprint density at radius 2 is 1.75 bits per heavy atom. The zero-order valence-corrected chi connectivity index (χ0v) is 21.3. The number of aryl methyl sites for hydroxylation is 1. The van der Waals surface area contributed by atoms with Gasteiger partial charge in [-0.1, -0.05) is 60.7 Å². The fourth-order valence-corrected chi connectivity index (χ4v) is 5.33. The summed E-state index contributed by atoms with van der Waals surface area (Å²) in [6.45, 7) is 6.09. The Bertz CT molecular complexity index is 1370. The number of rotatable bonds is 6. The van der Waals surface area contributed by atoms with Crippen LogP contribution < -0.4 is 0 Å². The predicted molar refractivity (Wildman–Crippen MR) is 141 cm³/mol. The Morgan fingerprint density at radius 3 is 2.42 bits per heavy atom. The lowest BCUT2D eigenvalue weighted by Gasteiger charge is -2.45. The predicted octanol–water partition coefficient (Wildman–Crippen LogP) is 6.20. The molecule has 0 spiro atoms. The average Bonchev–Trinajstić information content (AvgIpc) is 3.23. The van der Waals surface area contributed by atoms with E-state index < -0.39 is 11.2 Å². The molecule has 0 aliphatic carbocycles. The number of hydrogen-bond acceptors (Lipinski definition) is 4. The van der Waals surface area contributed by atoms with Gasteiger partial charge in [0.1, 0.15) is 5.60 Å². The second-order valence-electron chi connectivity index (χ2n) is 10.5. The lowest BCUT2D eigenvalue weighted by molar-refractivity contribution is -0.101. The third-order valence-electron chi connectivity index (χ3n) is 7.21. The van der Waals surface area contributed by atoms with Crippen LogP contribution in [0.4, 0.5) is 4.79 Å². The molecule has 6 heteroatoms. The van der Waals surface area contributed by atoms with Gasteiger partial charge in [-0.3, -0.25) is 0 Å². The molecule has 1 amide bonds. The fraction of sp³-hybridized carbons (Fsp3) is 0.333. The van der Waals surface area contributed by atoms with Gasteiger partial charge in [0.15, 0.2) is 0 Å². The standard InChI is InChI=1S/C30H33N3O3/c1-21(22-10-12-23(13-11-22)24-14-15-26-27(18-24)32(4)20-31-26)33-17-16-30(36-28(33)34,19-29(2,3)35)25-8-6-5-7-9-25/h5-15,18,20-21,35H,16-17,19H2,1-4H3. The van der Waals surface area contributed by atoms with Crippen LogP contribution in [0.3, 0.4) is 0 Å². The molecule has 0 radical (unpaired) electrons. The van der Waals surface area contributed by atoms with Gasteiger partial charge < -0.3 is 19.3 Å². The zero-order valence-electron chi connectivity index (χ0n) is 21.3. The van der Waals surface area contributed by atoms with Crippen molar-refractivity contribution in [1.82, 2.24) is 14.5 Å². The van der Waals surface area contributed by atoms with Crippen LogP contribution in [0.1, 0.15) is 50.8 Å². The van der Waals surface area contributed by atoms with E-state index in [1.807, 2.05) is 61.3 Å². The van der Waals surface area contributed by atoms with E-state index in [9.17, 15) is 9.90 Å². The molecule has 36 heavy (non-hydrogen) atoms. The highest BCUT2D eigenvalue weighted by molar-refractivity contribution is 5.82. The van der Waals surface area contributed by atoms with Gasteiger partial charge in [0.2, 0.25) is 0 Å². The number of aliphatic hydroxyl groups is 1. The second kappa shape index (κ2) is 9.10. The number of nitrogens with zero attached hydrogens (tertiary/aromatic N) is 3. The van der Waals surface area contributed by atoms with Crippen molar-refractivity contribution in [2.24, 2.45) is 7.05 Å². The van der Waals surface area contributed by atoms with Crippen molar-refractivity contribution in [3.05, 3.63) is 90.3 Å². The first kappa shape index (κ1) is 24.1. The number of amides is 1. The number of fused-ring (bicyclic) bond motifs is 1. The summed E-state index contributed by atoms with van der Waals surface area (Å²) in [7, 11) is 2.00. The van der Waals surface area contributed by atoms with E-state index in [1.165, 1.54) is 0 Å². The fourth-order valence-electron chi connectivity index (χ4n) is 5.33. The summed E-state index contributed by atoms with van der Waals surface area (Å²) in [6.07, 6.45) is 2.42. The summed E-state index contributed by atoms with van der Waals surface area (Å²) in [5.74, 6) is 0. The number of imidazole rings is 1. The second-order valence-corrected chi connectivity index (χ2v) is 10.5. The maximum atomic E-state index is 13.3. The lowest BCUT2D eigenvalue weighted by atomic mass is 9.80. The highest BCUT2D eigenvalue weighted by atomic mass is 16.6. The summed E-state index contributed by atoms with van der Waals surface area (Å²) >= 11 is 0. The zero-order chi connectivity index (χ0) is 25.5. The van der Waals surface area contributed by atoms with Crippen LogP contribution in [0.5, 0.6) is 0 Å². The van der Waals surface area contributed by atoms with E-state index in [1.54, 1.807) is 18.7 Å². The van der Waals surface area contributed by atoms with Gasteiger partial charge in [-0.05, 0) is 55.2 Å². The molecule has 1 aliphatic heterocycles. The van der Waals surface area contributed by atoms with Gasteiger partial charge in [-0.25, -0.2) is 9.78 Å². The lowest BCUT2D eigenvalue weighted by Crippen LogP contribution is -2.51. The number of cyclic esters (lactones) is 1. The number of carbonyl (C=O) groups excluding carboxylic acids is 1. The molecule has 186 valence electrons. The van der Waals surface area contributed by atoms with E-state index in [2.05, 4.69) is 41.4 Å². The van der Waals surface area contributed by atoms with Crippen LogP contribution in [0, 0.1) is 0 Å². The summed E-state index contributed by atoms with van der Waals surface area (Å²) < 4.78 is 8.17.